The van der Waals surface area contributed by atoms with Gasteiger partial charge in [0.25, 0.3) is 0 Å². The quantitative estimate of drug-likeness (QED) is 0.761. The summed E-state index contributed by atoms with van der Waals surface area (Å²) in [5.41, 5.74) is 0.822. The molecule has 2 aromatic carbocycles. The smallest absolute Gasteiger partial charge is 0.224 e. The van der Waals surface area contributed by atoms with Gasteiger partial charge in [-0.3, -0.25) is 4.79 Å². The van der Waals surface area contributed by atoms with E-state index in [9.17, 15) is 23.8 Å². The molecule has 1 atom stereocenters. The largest absolute Gasteiger partial charge is 0.508 e. The van der Waals surface area contributed by atoms with E-state index in [1.54, 1.807) is 12.1 Å². The zero-order valence-electron chi connectivity index (χ0n) is 12.3. The first-order valence-electron chi connectivity index (χ1n) is 7.10. The number of carbonyl (C=O) groups excluding carboxylic acids is 1. The van der Waals surface area contributed by atoms with Gasteiger partial charge in [-0.1, -0.05) is 18.2 Å². The van der Waals surface area contributed by atoms with E-state index >= 15 is 0 Å². The summed E-state index contributed by atoms with van der Waals surface area (Å²) in [6.45, 7) is -0.0472. The van der Waals surface area contributed by atoms with Crippen molar-refractivity contribution in [2.24, 2.45) is 0 Å². The summed E-state index contributed by atoms with van der Waals surface area (Å²) in [6, 6.07) is 9.44. The summed E-state index contributed by atoms with van der Waals surface area (Å²) < 4.78 is 26.3. The summed E-state index contributed by atoms with van der Waals surface area (Å²) in [5, 5.41) is 21.7. The summed E-state index contributed by atoms with van der Waals surface area (Å²) in [4.78, 5) is 11.8. The van der Waals surface area contributed by atoms with Crippen molar-refractivity contribution in [1.82, 2.24) is 5.32 Å². The molecule has 0 fully saturated rings. The Bertz CT molecular complexity index is 691. The summed E-state index contributed by atoms with van der Waals surface area (Å²) >= 11 is 0. The van der Waals surface area contributed by atoms with Crippen LogP contribution < -0.4 is 5.32 Å². The maximum Gasteiger partial charge on any atom is 0.224 e. The van der Waals surface area contributed by atoms with Crippen LogP contribution in [0, 0.1) is 11.6 Å². The summed E-state index contributed by atoms with van der Waals surface area (Å²) in [5.74, 6) is -1.66. The number of carbonyl (C=O) groups is 1. The lowest BCUT2D eigenvalue weighted by Crippen LogP contribution is -2.34. The van der Waals surface area contributed by atoms with Crippen molar-refractivity contribution in [1.29, 1.82) is 0 Å². The molecule has 0 bridgehead atoms. The van der Waals surface area contributed by atoms with Gasteiger partial charge < -0.3 is 15.5 Å². The van der Waals surface area contributed by atoms with Crippen LogP contribution in [0.15, 0.2) is 42.5 Å². The van der Waals surface area contributed by atoms with Gasteiger partial charge in [-0.15, -0.1) is 0 Å². The second kappa shape index (κ2) is 7.69. The van der Waals surface area contributed by atoms with E-state index < -0.39 is 17.7 Å². The number of amides is 1. The Morgan fingerprint density at radius 2 is 1.96 bits per heavy atom. The zero-order valence-corrected chi connectivity index (χ0v) is 12.3. The number of aromatic hydroxyl groups is 1. The van der Waals surface area contributed by atoms with Gasteiger partial charge in [0.1, 0.15) is 17.4 Å². The molecule has 0 heterocycles. The molecule has 4 nitrogen and oxygen atoms in total. The molecule has 0 aliphatic carbocycles. The second-order valence-corrected chi connectivity index (χ2v) is 5.24. The van der Waals surface area contributed by atoms with E-state index in [0.29, 0.717) is 5.56 Å². The molecular weight excluding hydrogens is 304 g/mol. The van der Waals surface area contributed by atoms with E-state index in [2.05, 4.69) is 5.32 Å². The van der Waals surface area contributed by atoms with Gasteiger partial charge in [0, 0.05) is 19.0 Å². The molecule has 0 aliphatic rings. The molecule has 6 heteroatoms. The van der Waals surface area contributed by atoms with Crippen LogP contribution in [0.25, 0.3) is 0 Å². The highest BCUT2D eigenvalue weighted by atomic mass is 19.1. The molecule has 0 saturated carbocycles. The fourth-order valence-electron chi connectivity index (χ4n) is 2.16. The predicted octanol–water partition coefficient (Wildman–Crippen LogP) is 1.93. The Labute approximate surface area is 132 Å². The third kappa shape index (κ3) is 5.34. The number of phenolic OH excluding ortho intramolecular Hbond substituents is 1. The van der Waals surface area contributed by atoms with Crippen molar-refractivity contribution < 1.29 is 23.8 Å². The van der Waals surface area contributed by atoms with E-state index in [0.717, 1.165) is 12.1 Å². The lowest BCUT2D eigenvalue weighted by Gasteiger charge is -2.12. The van der Waals surface area contributed by atoms with Crippen molar-refractivity contribution in [3.63, 3.8) is 0 Å². The minimum Gasteiger partial charge on any atom is -0.508 e. The van der Waals surface area contributed by atoms with Gasteiger partial charge in [-0.25, -0.2) is 8.78 Å². The number of phenols is 1. The molecule has 3 N–H and O–H groups in total. The van der Waals surface area contributed by atoms with Crippen LogP contribution in [0.4, 0.5) is 8.78 Å². The number of hydrogen-bond donors (Lipinski definition) is 3. The average Bonchev–Trinajstić information content (AvgIpc) is 2.48. The topological polar surface area (TPSA) is 69.6 Å². The van der Waals surface area contributed by atoms with Gasteiger partial charge in [-0.05, 0) is 29.3 Å². The normalized spacial score (nSPS) is 12.0. The van der Waals surface area contributed by atoms with Crippen LogP contribution in [-0.4, -0.2) is 28.8 Å². The molecule has 23 heavy (non-hydrogen) atoms. The van der Waals surface area contributed by atoms with Crippen LogP contribution in [-0.2, 0) is 17.6 Å². The fraction of sp³-hybridized carbons (Fsp3) is 0.235. The SMILES string of the molecule is O=C(Cc1cccc(O)c1)NC[C@H](O)Cc1ccc(F)cc1F. The van der Waals surface area contributed by atoms with E-state index in [1.807, 2.05) is 0 Å². The number of hydrogen-bond acceptors (Lipinski definition) is 3. The summed E-state index contributed by atoms with van der Waals surface area (Å²) in [6.07, 6.45) is -0.951. The van der Waals surface area contributed by atoms with E-state index in [-0.39, 0.29) is 36.6 Å². The molecule has 0 saturated heterocycles. The number of benzene rings is 2. The minimum absolute atomic E-state index is 0.0292. The molecule has 0 aromatic heterocycles. The van der Waals surface area contributed by atoms with Crippen molar-refractivity contribution in [3.05, 3.63) is 65.2 Å². The Balaban J connectivity index is 1.81. The number of nitrogens with one attached hydrogen (secondary N) is 1. The highest BCUT2D eigenvalue weighted by Gasteiger charge is 2.12. The number of aliphatic hydroxyl groups is 1. The number of rotatable bonds is 6. The molecule has 0 radical (unpaired) electrons. The van der Waals surface area contributed by atoms with Crippen LogP contribution in [0.3, 0.4) is 0 Å². The fourth-order valence-corrected chi connectivity index (χ4v) is 2.16. The monoisotopic (exact) mass is 321 g/mol. The molecule has 0 spiro atoms. The van der Waals surface area contributed by atoms with Crippen molar-refractivity contribution >= 4 is 5.91 Å². The number of aliphatic hydroxyl groups excluding tert-OH is 1. The van der Waals surface area contributed by atoms with Crippen molar-refractivity contribution in [2.75, 3.05) is 6.54 Å². The average molecular weight is 321 g/mol. The van der Waals surface area contributed by atoms with Crippen molar-refractivity contribution in [2.45, 2.75) is 18.9 Å². The Morgan fingerprint density at radius 3 is 2.65 bits per heavy atom. The molecule has 0 unspecified atom stereocenters. The molecule has 1 amide bonds. The second-order valence-electron chi connectivity index (χ2n) is 5.24. The van der Waals surface area contributed by atoms with Gasteiger partial charge in [0.2, 0.25) is 5.91 Å². The highest BCUT2D eigenvalue weighted by molar-refractivity contribution is 5.78. The van der Waals surface area contributed by atoms with Crippen LogP contribution in [0.1, 0.15) is 11.1 Å². The lowest BCUT2D eigenvalue weighted by atomic mass is 10.1. The third-order valence-corrected chi connectivity index (χ3v) is 3.28. The molecule has 0 aliphatic heterocycles. The van der Waals surface area contributed by atoms with Gasteiger partial charge in [0.05, 0.1) is 12.5 Å². The molecular formula is C17H17F2NO3. The number of halogens is 2. The maximum atomic E-state index is 13.5. The zero-order chi connectivity index (χ0) is 16.8. The first-order chi connectivity index (χ1) is 10.9. The van der Waals surface area contributed by atoms with E-state index in [4.69, 9.17) is 0 Å². The predicted molar refractivity (Wildman–Crippen MR) is 80.9 cm³/mol. The Morgan fingerprint density at radius 1 is 1.17 bits per heavy atom. The van der Waals surface area contributed by atoms with Gasteiger partial charge in [0.15, 0.2) is 0 Å². The maximum absolute atomic E-state index is 13.5. The summed E-state index contributed by atoms with van der Waals surface area (Å²) in [7, 11) is 0. The van der Waals surface area contributed by atoms with Crippen LogP contribution in [0.5, 0.6) is 5.75 Å². The third-order valence-electron chi connectivity index (χ3n) is 3.28. The van der Waals surface area contributed by atoms with Crippen LogP contribution >= 0.6 is 0 Å². The lowest BCUT2D eigenvalue weighted by molar-refractivity contribution is -0.120. The Hall–Kier alpha value is -2.47. The van der Waals surface area contributed by atoms with Crippen molar-refractivity contribution in [3.8, 4) is 5.75 Å². The first kappa shape index (κ1) is 16.9. The Kier molecular flexibility index (Phi) is 5.65. The van der Waals surface area contributed by atoms with Gasteiger partial charge in [-0.2, -0.15) is 0 Å². The highest BCUT2D eigenvalue weighted by Crippen LogP contribution is 2.12. The molecule has 2 aromatic rings. The standard InChI is InChI=1S/C17H17F2NO3/c18-13-5-4-12(16(19)9-13)8-15(22)10-20-17(23)7-11-2-1-3-14(21)6-11/h1-6,9,15,21-22H,7-8,10H2,(H,20,23)/t15-/m1/s1. The minimum atomic E-state index is -0.983. The van der Waals surface area contributed by atoms with Gasteiger partial charge >= 0.3 is 0 Å². The first-order valence-corrected chi connectivity index (χ1v) is 7.10. The van der Waals surface area contributed by atoms with Crippen LogP contribution in [0.2, 0.25) is 0 Å². The molecule has 2 rings (SSSR count). The van der Waals surface area contributed by atoms with E-state index in [1.165, 1.54) is 18.2 Å². The molecule has 122 valence electrons.